The molecule has 1 aromatic heterocycles. The molecule has 2 aromatic rings. The molecule has 0 bridgehead atoms. The Balaban J connectivity index is 1.24. The molecule has 5 nitrogen and oxygen atoms in total. The number of nitrogens with zero attached hydrogens (tertiary/aromatic N) is 1. The summed E-state index contributed by atoms with van der Waals surface area (Å²) in [6.07, 6.45) is 11.7. The van der Waals surface area contributed by atoms with Crippen LogP contribution in [0.5, 0.6) is 0 Å². The van der Waals surface area contributed by atoms with Crippen molar-refractivity contribution in [2.45, 2.75) is 104 Å². The van der Waals surface area contributed by atoms with Gasteiger partial charge >= 0.3 is 5.97 Å². The van der Waals surface area contributed by atoms with Gasteiger partial charge in [0.2, 0.25) is 0 Å². The van der Waals surface area contributed by atoms with Crippen molar-refractivity contribution in [3.63, 3.8) is 0 Å². The molecule has 1 heterocycles. The normalized spacial score (nSPS) is 44.7. The average Bonchev–Trinajstić information content (AvgIpc) is 3.62. The third kappa shape index (κ3) is 3.79. The summed E-state index contributed by atoms with van der Waals surface area (Å²) in [5.74, 6) is 2.17. The van der Waals surface area contributed by atoms with Gasteiger partial charge in [-0.2, -0.15) is 5.10 Å². The molecule has 232 valence electrons. The van der Waals surface area contributed by atoms with Crippen LogP contribution in [-0.2, 0) is 28.0 Å². The van der Waals surface area contributed by atoms with E-state index in [1.807, 2.05) is 36.5 Å². The number of carbonyl (C=O) groups excluding carboxylic acids is 1. The van der Waals surface area contributed by atoms with Crippen LogP contribution >= 0.6 is 0 Å². The van der Waals surface area contributed by atoms with Crippen LogP contribution in [0.25, 0.3) is 0 Å². The number of aromatic amines is 1. The Morgan fingerprint density at radius 3 is 2.49 bits per heavy atom. The van der Waals surface area contributed by atoms with Gasteiger partial charge < -0.3 is 9.84 Å². The number of allylic oxidation sites excluding steroid dienone is 1. The van der Waals surface area contributed by atoms with E-state index in [1.165, 1.54) is 24.0 Å². The molecule has 7 rings (SSSR count). The van der Waals surface area contributed by atoms with E-state index in [-0.39, 0.29) is 34.2 Å². The topological polar surface area (TPSA) is 75.2 Å². The number of esters is 1. The van der Waals surface area contributed by atoms with Crippen LogP contribution in [0.15, 0.2) is 48.7 Å². The number of aliphatic hydroxyl groups is 1. The molecule has 0 amide bonds. The molecule has 0 radical (unpaired) electrons. The number of fused-ring (bicyclic) bond motifs is 8. The summed E-state index contributed by atoms with van der Waals surface area (Å²) < 4.78 is 6.19. The van der Waals surface area contributed by atoms with Gasteiger partial charge in [0.05, 0.1) is 18.2 Å². The van der Waals surface area contributed by atoms with Crippen molar-refractivity contribution in [2.75, 3.05) is 6.61 Å². The van der Waals surface area contributed by atoms with E-state index in [4.69, 9.17) is 4.74 Å². The number of hydrogen-bond donors (Lipinski definition) is 2. The third-order valence-electron chi connectivity index (χ3n) is 14.9. The van der Waals surface area contributed by atoms with Crippen molar-refractivity contribution >= 4 is 5.97 Å². The number of ether oxygens (including phenoxy) is 1. The second-order valence-electron chi connectivity index (χ2n) is 16.4. The molecule has 2 N–H and O–H groups in total. The summed E-state index contributed by atoms with van der Waals surface area (Å²) >= 11 is 0. The van der Waals surface area contributed by atoms with E-state index >= 15 is 0 Å². The highest BCUT2D eigenvalue weighted by Gasteiger charge is 2.72. The fourth-order valence-corrected chi connectivity index (χ4v) is 12.7. The quantitative estimate of drug-likeness (QED) is 0.278. The van der Waals surface area contributed by atoms with Gasteiger partial charge in [0, 0.05) is 11.1 Å². The highest BCUT2D eigenvalue weighted by Crippen LogP contribution is 2.77. The molecule has 5 aliphatic carbocycles. The SMILES string of the molecule is C=C(C)[C@@H]1CC[C@]2(C(=O)OCc3ccccc3)CC[C@]3(C)[C@H](CC[C@@H]4[C@@]5(C)Cc6cn[nH]c6[C@@](C)(CO)[C@@H]5CC[C@]43C)[C@@H]12. The fourth-order valence-electron chi connectivity index (χ4n) is 12.7. The van der Waals surface area contributed by atoms with Crippen LogP contribution in [0.3, 0.4) is 0 Å². The van der Waals surface area contributed by atoms with Crippen LogP contribution in [0, 0.1) is 51.2 Å². The van der Waals surface area contributed by atoms with E-state index in [1.54, 1.807) is 0 Å². The van der Waals surface area contributed by atoms with Gasteiger partial charge in [0.15, 0.2) is 0 Å². The Morgan fingerprint density at radius 1 is 1.00 bits per heavy atom. The fraction of sp³-hybridized carbons (Fsp3) is 0.684. The maximum Gasteiger partial charge on any atom is 0.312 e. The van der Waals surface area contributed by atoms with E-state index in [9.17, 15) is 9.90 Å². The zero-order valence-electron chi connectivity index (χ0n) is 27.0. The summed E-state index contributed by atoms with van der Waals surface area (Å²) in [4.78, 5) is 14.2. The van der Waals surface area contributed by atoms with Crippen molar-refractivity contribution in [3.05, 3.63) is 65.5 Å². The summed E-state index contributed by atoms with van der Waals surface area (Å²) in [7, 11) is 0. The van der Waals surface area contributed by atoms with Gasteiger partial charge in [-0.25, -0.2) is 0 Å². The summed E-state index contributed by atoms with van der Waals surface area (Å²) in [6, 6.07) is 10.1. The highest BCUT2D eigenvalue weighted by molar-refractivity contribution is 5.78. The third-order valence-corrected chi connectivity index (χ3v) is 14.9. The summed E-state index contributed by atoms with van der Waals surface area (Å²) in [5.41, 5.74) is 4.47. The maximum absolute atomic E-state index is 14.2. The molecule has 1 aromatic carbocycles. The first kappa shape index (κ1) is 29.3. The highest BCUT2D eigenvalue weighted by atomic mass is 16.5. The molecule has 5 aliphatic rings. The number of hydrogen-bond acceptors (Lipinski definition) is 4. The second-order valence-corrected chi connectivity index (χ2v) is 16.4. The Kier molecular flexibility index (Phi) is 6.68. The van der Waals surface area contributed by atoms with E-state index in [2.05, 4.69) is 51.4 Å². The van der Waals surface area contributed by atoms with Crippen molar-refractivity contribution in [3.8, 4) is 0 Å². The van der Waals surface area contributed by atoms with Crippen LogP contribution in [0.4, 0.5) is 0 Å². The molecule has 0 aliphatic heterocycles. The minimum Gasteiger partial charge on any atom is -0.460 e. The molecule has 4 saturated carbocycles. The molecular weight excluding hydrogens is 532 g/mol. The minimum atomic E-state index is -0.404. The monoisotopic (exact) mass is 584 g/mol. The number of aliphatic hydroxyl groups excluding tert-OH is 1. The number of H-pyrrole nitrogens is 1. The van der Waals surface area contributed by atoms with Gasteiger partial charge in [0.25, 0.3) is 0 Å². The first-order valence-electron chi connectivity index (χ1n) is 16.9. The zero-order chi connectivity index (χ0) is 30.4. The summed E-state index contributed by atoms with van der Waals surface area (Å²) in [5, 5.41) is 18.6. The van der Waals surface area contributed by atoms with Crippen LogP contribution < -0.4 is 0 Å². The first-order valence-corrected chi connectivity index (χ1v) is 16.9. The predicted octanol–water partition coefficient (Wildman–Crippen LogP) is 7.80. The van der Waals surface area contributed by atoms with Crippen molar-refractivity contribution in [1.29, 1.82) is 0 Å². The smallest absolute Gasteiger partial charge is 0.312 e. The molecule has 4 fully saturated rings. The van der Waals surface area contributed by atoms with Gasteiger partial charge in [-0.05, 0) is 122 Å². The van der Waals surface area contributed by atoms with E-state index in [0.29, 0.717) is 36.2 Å². The molecule has 43 heavy (non-hydrogen) atoms. The lowest BCUT2D eigenvalue weighted by molar-refractivity contribution is -0.231. The Bertz CT molecular complexity index is 1420. The van der Waals surface area contributed by atoms with E-state index in [0.717, 1.165) is 56.2 Å². The number of aromatic nitrogens is 2. The van der Waals surface area contributed by atoms with Crippen LogP contribution in [-0.4, -0.2) is 27.9 Å². The summed E-state index contributed by atoms with van der Waals surface area (Å²) in [6.45, 7) is 17.3. The number of nitrogens with one attached hydrogen (secondary N) is 1. The average molecular weight is 585 g/mol. The maximum atomic E-state index is 14.2. The van der Waals surface area contributed by atoms with Crippen molar-refractivity contribution in [2.24, 2.45) is 51.2 Å². The molecular formula is C38H52N2O3. The zero-order valence-corrected chi connectivity index (χ0v) is 27.0. The van der Waals surface area contributed by atoms with Gasteiger partial charge in [0.1, 0.15) is 6.61 Å². The number of rotatable bonds is 5. The Morgan fingerprint density at radius 2 is 1.77 bits per heavy atom. The Hall–Kier alpha value is -2.40. The van der Waals surface area contributed by atoms with Crippen LogP contribution in [0.1, 0.15) is 103 Å². The molecule has 10 atom stereocenters. The van der Waals surface area contributed by atoms with Gasteiger partial charge in [-0.3, -0.25) is 9.89 Å². The van der Waals surface area contributed by atoms with E-state index < -0.39 is 5.41 Å². The minimum absolute atomic E-state index is 0.0357. The lowest BCUT2D eigenvalue weighted by atomic mass is 9.32. The number of carbonyl (C=O) groups is 1. The van der Waals surface area contributed by atoms with Crippen molar-refractivity contribution < 1.29 is 14.6 Å². The van der Waals surface area contributed by atoms with Crippen LogP contribution in [0.2, 0.25) is 0 Å². The lowest BCUT2D eigenvalue weighted by Gasteiger charge is -2.72. The molecule has 0 unspecified atom stereocenters. The lowest BCUT2D eigenvalue weighted by Crippen LogP contribution is -2.67. The Labute approximate surface area is 258 Å². The van der Waals surface area contributed by atoms with Gasteiger partial charge in [-0.1, -0.05) is 70.2 Å². The largest absolute Gasteiger partial charge is 0.460 e. The standard InChI is InChI=1S/C38H52N2O3/c1-24(2)27-14-17-38(33(42)43-22-25-10-8-7-9-11-25)19-18-36(5)28(31(27)38)12-13-30-34(3)20-26-21-39-40-32(26)35(4,23-41)29(34)15-16-37(30,36)6/h7-11,21,27-31,41H,1,12-20,22-23H2,2-6H3,(H,39,40)/t27-,28+,29+,30+,31+,34-,35-,36+,37+,38-/m0/s1. The first-order chi connectivity index (χ1) is 20.4. The molecule has 0 saturated heterocycles. The predicted molar refractivity (Wildman–Crippen MR) is 169 cm³/mol. The second kappa shape index (κ2) is 9.80. The van der Waals surface area contributed by atoms with Crippen molar-refractivity contribution in [1.82, 2.24) is 10.2 Å². The number of benzene rings is 1. The molecule has 0 spiro atoms. The van der Waals surface area contributed by atoms with Gasteiger partial charge in [-0.15, -0.1) is 0 Å². The molecule has 5 heteroatoms.